The van der Waals surface area contributed by atoms with E-state index in [9.17, 15) is 0 Å². The van der Waals surface area contributed by atoms with Crippen molar-refractivity contribution >= 4 is 42.1 Å². The highest BCUT2D eigenvalue weighted by Crippen LogP contribution is 2.21. The van der Waals surface area contributed by atoms with Crippen LogP contribution in [0.25, 0.3) is 11.2 Å². The van der Waals surface area contributed by atoms with E-state index in [1.165, 1.54) is 0 Å². The van der Waals surface area contributed by atoms with Crippen LogP contribution in [0.5, 0.6) is 0 Å². The molecule has 2 aromatic rings. The first kappa shape index (κ1) is 16.0. The molecule has 1 saturated heterocycles. The number of fused-ring (bicyclic) bond motifs is 1. The maximum absolute atomic E-state index is 5.67. The summed E-state index contributed by atoms with van der Waals surface area (Å²) in [5.74, 6) is 0. The molecule has 8 heteroatoms. The van der Waals surface area contributed by atoms with Crippen LogP contribution in [-0.4, -0.2) is 42.9 Å². The number of halogens is 2. The van der Waals surface area contributed by atoms with Crippen molar-refractivity contribution in [2.24, 2.45) is 0 Å². The molecular formula is C11H16Cl2N4O2. The zero-order valence-corrected chi connectivity index (χ0v) is 12.0. The Morgan fingerprint density at radius 1 is 1.42 bits per heavy atom. The zero-order chi connectivity index (χ0) is 11.7. The van der Waals surface area contributed by atoms with Crippen LogP contribution < -0.4 is 10.2 Å². The second kappa shape index (κ2) is 6.91. The van der Waals surface area contributed by atoms with Gasteiger partial charge in [0.05, 0.1) is 13.2 Å². The van der Waals surface area contributed by atoms with Crippen molar-refractivity contribution in [3.05, 3.63) is 18.3 Å². The summed E-state index contributed by atoms with van der Waals surface area (Å²) in [6, 6.07) is 4.32. The average molecular weight is 307 g/mol. The molecule has 3 rings (SSSR count). The summed E-state index contributed by atoms with van der Waals surface area (Å²) in [6.07, 6.45) is 1.73. The van der Waals surface area contributed by atoms with E-state index in [1.807, 2.05) is 19.2 Å². The van der Waals surface area contributed by atoms with Gasteiger partial charge in [0.15, 0.2) is 5.58 Å². The van der Waals surface area contributed by atoms with Crippen LogP contribution in [0.4, 0.5) is 6.01 Å². The van der Waals surface area contributed by atoms with Gasteiger partial charge in [0, 0.05) is 12.7 Å². The van der Waals surface area contributed by atoms with Crippen molar-refractivity contribution in [3.8, 4) is 0 Å². The Hall–Kier alpha value is -1.08. The highest BCUT2D eigenvalue weighted by atomic mass is 35.5. The Morgan fingerprint density at radius 2 is 2.26 bits per heavy atom. The molecule has 3 heterocycles. The molecule has 0 spiro atoms. The fraction of sp³-hybridized carbons (Fsp3) is 0.455. The van der Waals surface area contributed by atoms with Crippen LogP contribution in [0.1, 0.15) is 0 Å². The maximum atomic E-state index is 5.67. The monoisotopic (exact) mass is 306 g/mol. The van der Waals surface area contributed by atoms with Gasteiger partial charge < -0.3 is 14.1 Å². The standard InChI is InChI=1S/C11H14N4O2.2ClH/c1-12-9-7-15(5-6-16-9)11-14-10-8(17-11)3-2-4-13-10;;/h2-4,9,12H,5-7H2,1H3;2*1H. The second-order valence-corrected chi connectivity index (χ2v) is 3.92. The Labute approximate surface area is 123 Å². The van der Waals surface area contributed by atoms with E-state index >= 15 is 0 Å². The lowest BCUT2D eigenvalue weighted by molar-refractivity contribution is 0.0219. The van der Waals surface area contributed by atoms with E-state index in [2.05, 4.69) is 20.2 Å². The van der Waals surface area contributed by atoms with Gasteiger partial charge in [-0.1, -0.05) is 0 Å². The van der Waals surface area contributed by atoms with Gasteiger partial charge in [-0.3, -0.25) is 5.32 Å². The molecule has 1 aliphatic heterocycles. The van der Waals surface area contributed by atoms with E-state index in [-0.39, 0.29) is 31.0 Å². The highest BCUT2D eigenvalue weighted by molar-refractivity contribution is 5.85. The molecule has 0 amide bonds. The molecular weight excluding hydrogens is 291 g/mol. The van der Waals surface area contributed by atoms with Crippen molar-refractivity contribution in [2.45, 2.75) is 6.23 Å². The first-order valence-corrected chi connectivity index (χ1v) is 5.62. The molecule has 2 aromatic heterocycles. The summed E-state index contributed by atoms with van der Waals surface area (Å²) in [7, 11) is 1.88. The molecule has 6 nitrogen and oxygen atoms in total. The highest BCUT2D eigenvalue weighted by Gasteiger charge is 2.22. The number of anilines is 1. The molecule has 0 aliphatic carbocycles. The predicted octanol–water partition coefficient (Wildman–Crippen LogP) is 1.45. The number of hydrogen-bond donors (Lipinski definition) is 1. The summed E-state index contributed by atoms with van der Waals surface area (Å²) >= 11 is 0. The topological polar surface area (TPSA) is 63.4 Å². The lowest BCUT2D eigenvalue weighted by Gasteiger charge is -2.31. The number of morpholine rings is 1. The minimum atomic E-state index is 0. The summed E-state index contributed by atoms with van der Waals surface area (Å²) in [5.41, 5.74) is 1.37. The van der Waals surface area contributed by atoms with Gasteiger partial charge in [-0.25, -0.2) is 4.98 Å². The Kier molecular flexibility index (Phi) is 5.81. The van der Waals surface area contributed by atoms with Crippen molar-refractivity contribution in [1.82, 2.24) is 15.3 Å². The number of ether oxygens (including phenoxy) is 1. The quantitative estimate of drug-likeness (QED) is 0.906. The minimum absolute atomic E-state index is 0. The third-order valence-electron chi connectivity index (χ3n) is 2.81. The Balaban J connectivity index is 0.000000902. The van der Waals surface area contributed by atoms with E-state index in [1.54, 1.807) is 6.20 Å². The number of hydrogen-bond acceptors (Lipinski definition) is 6. The summed E-state index contributed by atoms with van der Waals surface area (Å²) in [5, 5.41) is 3.09. The fourth-order valence-corrected chi connectivity index (χ4v) is 1.89. The number of nitrogens with one attached hydrogen (secondary N) is 1. The van der Waals surface area contributed by atoms with Crippen LogP contribution in [0.3, 0.4) is 0 Å². The van der Waals surface area contributed by atoms with Crippen LogP contribution in [0.15, 0.2) is 22.7 Å². The van der Waals surface area contributed by atoms with Crippen LogP contribution in [0.2, 0.25) is 0 Å². The lowest BCUT2D eigenvalue weighted by atomic mass is 10.4. The van der Waals surface area contributed by atoms with Gasteiger partial charge in [0.25, 0.3) is 6.01 Å². The SMILES string of the molecule is CNC1CN(c2nc3ncccc3o2)CCO1.Cl.Cl. The van der Waals surface area contributed by atoms with Gasteiger partial charge in [0.2, 0.25) is 5.65 Å². The molecule has 0 bridgehead atoms. The van der Waals surface area contributed by atoms with Gasteiger partial charge in [-0.15, -0.1) is 24.8 Å². The third kappa shape index (κ3) is 3.27. The largest absolute Gasteiger partial charge is 0.422 e. The van der Waals surface area contributed by atoms with Crippen molar-refractivity contribution in [1.29, 1.82) is 0 Å². The molecule has 0 radical (unpaired) electrons. The first-order valence-electron chi connectivity index (χ1n) is 5.62. The summed E-state index contributed by atoms with van der Waals surface area (Å²) in [4.78, 5) is 10.6. The van der Waals surface area contributed by atoms with E-state index < -0.39 is 0 Å². The molecule has 1 unspecified atom stereocenters. The molecule has 106 valence electrons. The van der Waals surface area contributed by atoms with Crippen LogP contribution in [-0.2, 0) is 4.74 Å². The molecule has 1 atom stereocenters. The molecule has 0 saturated carbocycles. The number of likely N-dealkylation sites (N-methyl/N-ethyl adjacent to an activating group) is 1. The van der Waals surface area contributed by atoms with Gasteiger partial charge in [-0.2, -0.15) is 4.98 Å². The maximum Gasteiger partial charge on any atom is 0.300 e. The molecule has 1 aliphatic rings. The molecule has 1 N–H and O–H groups in total. The van der Waals surface area contributed by atoms with Crippen molar-refractivity contribution < 1.29 is 9.15 Å². The van der Waals surface area contributed by atoms with Gasteiger partial charge in [0.1, 0.15) is 6.23 Å². The smallest absolute Gasteiger partial charge is 0.300 e. The second-order valence-electron chi connectivity index (χ2n) is 3.92. The number of aromatic nitrogens is 2. The molecule has 1 fully saturated rings. The third-order valence-corrected chi connectivity index (χ3v) is 2.81. The predicted molar refractivity (Wildman–Crippen MR) is 77.3 cm³/mol. The summed E-state index contributed by atoms with van der Waals surface area (Å²) in [6.45, 7) is 2.17. The van der Waals surface area contributed by atoms with E-state index in [0.29, 0.717) is 18.3 Å². The van der Waals surface area contributed by atoms with Gasteiger partial charge in [-0.05, 0) is 19.2 Å². The average Bonchev–Trinajstić information content (AvgIpc) is 2.82. The number of rotatable bonds is 2. The van der Waals surface area contributed by atoms with E-state index in [4.69, 9.17) is 9.15 Å². The fourth-order valence-electron chi connectivity index (χ4n) is 1.89. The van der Waals surface area contributed by atoms with Crippen molar-refractivity contribution in [3.63, 3.8) is 0 Å². The van der Waals surface area contributed by atoms with Crippen LogP contribution >= 0.6 is 24.8 Å². The number of pyridine rings is 1. The minimum Gasteiger partial charge on any atom is -0.422 e. The first-order chi connectivity index (χ1) is 8.36. The number of oxazole rings is 1. The normalized spacial score (nSPS) is 18.8. The molecule has 0 aromatic carbocycles. The Morgan fingerprint density at radius 3 is 3.00 bits per heavy atom. The zero-order valence-electron chi connectivity index (χ0n) is 10.4. The van der Waals surface area contributed by atoms with E-state index in [0.717, 1.165) is 18.7 Å². The number of nitrogens with zero attached hydrogens (tertiary/aromatic N) is 3. The lowest BCUT2D eigenvalue weighted by Crippen LogP contribution is -2.48. The molecule has 19 heavy (non-hydrogen) atoms. The summed E-state index contributed by atoms with van der Waals surface area (Å²) < 4.78 is 11.2. The Bertz CT molecular complexity index is 489. The van der Waals surface area contributed by atoms with Crippen molar-refractivity contribution in [2.75, 3.05) is 31.6 Å². The van der Waals surface area contributed by atoms with Gasteiger partial charge >= 0.3 is 0 Å². The van der Waals surface area contributed by atoms with Crippen LogP contribution in [0, 0.1) is 0 Å².